The average molecular weight is 397 g/mol. The molecule has 0 aliphatic carbocycles. The van der Waals surface area contributed by atoms with Crippen molar-refractivity contribution in [2.75, 3.05) is 0 Å². The van der Waals surface area contributed by atoms with E-state index in [1.807, 2.05) is 22.9 Å². The zero-order valence-electron chi connectivity index (χ0n) is 14.5. The Bertz CT molecular complexity index is 1140. The molecule has 0 saturated carbocycles. The van der Waals surface area contributed by atoms with Crippen LogP contribution >= 0.6 is 11.6 Å². The van der Waals surface area contributed by atoms with E-state index in [0.29, 0.717) is 35.6 Å². The molecule has 0 amide bonds. The van der Waals surface area contributed by atoms with E-state index in [-0.39, 0.29) is 11.9 Å². The first-order valence-electron chi connectivity index (χ1n) is 8.69. The fourth-order valence-electron chi connectivity index (χ4n) is 3.18. The van der Waals surface area contributed by atoms with E-state index in [2.05, 4.69) is 15.2 Å². The Morgan fingerprint density at radius 1 is 1.11 bits per heavy atom. The van der Waals surface area contributed by atoms with Crippen LogP contribution in [0.25, 0.3) is 23.0 Å². The molecular formula is C20H14ClFN4O2. The van der Waals surface area contributed by atoms with Gasteiger partial charge in [0, 0.05) is 10.6 Å². The second-order valence-corrected chi connectivity index (χ2v) is 6.92. The quantitative estimate of drug-likeness (QED) is 0.503. The van der Waals surface area contributed by atoms with Crippen molar-refractivity contribution in [3.8, 4) is 23.0 Å². The van der Waals surface area contributed by atoms with Crippen LogP contribution in [0.1, 0.15) is 17.4 Å². The maximum absolute atomic E-state index is 13.1. The van der Waals surface area contributed by atoms with E-state index in [0.717, 1.165) is 16.8 Å². The summed E-state index contributed by atoms with van der Waals surface area (Å²) in [5, 5.41) is 9.20. The molecule has 4 aromatic rings. The van der Waals surface area contributed by atoms with Crippen molar-refractivity contribution >= 4 is 11.6 Å². The second kappa shape index (κ2) is 6.85. The van der Waals surface area contributed by atoms with Crippen LogP contribution in [0.4, 0.5) is 4.39 Å². The van der Waals surface area contributed by atoms with Crippen molar-refractivity contribution < 1.29 is 13.7 Å². The third-order valence-electron chi connectivity index (χ3n) is 4.60. The Balaban J connectivity index is 1.40. The Hall–Kier alpha value is -3.03. The molecule has 0 spiro atoms. The normalized spacial score (nSPS) is 16.1. The lowest BCUT2D eigenvalue weighted by Gasteiger charge is -2.24. The minimum absolute atomic E-state index is 0.189. The molecule has 0 saturated heterocycles. The van der Waals surface area contributed by atoms with Gasteiger partial charge in [-0.3, -0.25) is 4.68 Å². The standard InChI is InChI=1S/C20H14ClFN4O2/c21-14-3-1-2-13(8-14)19-23-20(28-25-19)17-9-16-11-27-18(10-26(16)24-17)12-4-6-15(22)7-5-12/h1-9,18H,10-11H2/t18-/m1/s1. The summed E-state index contributed by atoms with van der Waals surface area (Å²) in [4.78, 5) is 4.43. The number of ether oxygens (including phenoxy) is 1. The van der Waals surface area contributed by atoms with Crippen molar-refractivity contribution in [1.82, 2.24) is 19.9 Å². The van der Waals surface area contributed by atoms with Crippen LogP contribution in [0.5, 0.6) is 0 Å². The highest BCUT2D eigenvalue weighted by Gasteiger charge is 2.24. The van der Waals surface area contributed by atoms with Gasteiger partial charge in [-0.25, -0.2) is 4.39 Å². The molecule has 3 heterocycles. The topological polar surface area (TPSA) is 66.0 Å². The van der Waals surface area contributed by atoms with E-state index in [9.17, 15) is 4.39 Å². The first-order chi connectivity index (χ1) is 13.7. The van der Waals surface area contributed by atoms with Crippen LogP contribution in [0.2, 0.25) is 5.02 Å². The molecule has 0 unspecified atom stereocenters. The SMILES string of the molecule is Fc1ccc([C@H]2Cn3nc(-c4nc(-c5cccc(Cl)c5)no4)cc3CO2)cc1. The van der Waals surface area contributed by atoms with Crippen LogP contribution in [0.3, 0.4) is 0 Å². The number of halogens is 2. The van der Waals surface area contributed by atoms with Crippen molar-refractivity contribution in [2.45, 2.75) is 19.3 Å². The third kappa shape index (κ3) is 3.19. The maximum Gasteiger partial charge on any atom is 0.278 e. The molecule has 5 rings (SSSR count). The highest BCUT2D eigenvalue weighted by molar-refractivity contribution is 6.30. The summed E-state index contributed by atoms with van der Waals surface area (Å²) in [6.45, 7) is 0.917. The minimum Gasteiger partial charge on any atom is -0.365 e. The first kappa shape index (κ1) is 17.1. The number of aromatic nitrogens is 4. The van der Waals surface area contributed by atoms with Crippen LogP contribution in [-0.4, -0.2) is 19.9 Å². The lowest BCUT2D eigenvalue weighted by molar-refractivity contribution is -0.00116. The minimum atomic E-state index is -0.270. The maximum atomic E-state index is 13.1. The molecule has 0 bridgehead atoms. The van der Waals surface area contributed by atoms with Crippen LogP contribution in [-0.2, 0) is 17.9 Å². The highest BCUT2D eigenvalue weighted by Crippen LogP contribution is 2.29. The molecule has 6 nitrogen and oxygen atoms in total. The van der Waals surface area contributed by atoms with Gasteiger partial charge in [-0.15, -0.1) is 0 Å². The molecule has 0 fully saturated rings. The predicted octanol–water partition coefficient (Wildman–Crippen LogP) is 4.66. The van der Waals surface area contributed by atoms with Crippen molar-refractivity contribution in [3.63, 3.8) is 0 Å². The van der Waals surface area contributed by atoms with Gasteiger partial charge in [0.2, 0.25) is 5.82 Å². The fourth-order valence-corrected chi connectivity index (χ4v) is 3.37. The monoisotopic (exact) mass is 396 g/mol. The summed E-state index contributed by atoms with van der Waals surface area (Å²) in [5.41, 5.74) is 3.17. The molecule has 2 aromatic carbocycles. The Morgan fingerprint density at radius 2 is 1.96 bits per heavy atom. The number of rotatable bonds is 3. The Kier molecular flexibility index (Phi) is 4.18. The molecule has 28 heavy (non-hydrogen) atoms. The van der Waals surface area contributed by atoms with Crippen molar-refractivity contribution in [3.05, 3.63) is 76.7 Å². The van der Waals surface area contributed by atoms with Gasteiger partial charge in [0.25, 0.3) is 5.89 Å². The van der Waals surface area contributed by atoms with E-state index in [1.54, 1.807) is 24.3 Å². The summed E-state index contributed by atoms with van der Waals surface area (Å²) in [6.07, 6.45) is -0.189. The van der Waals surface area contributed by atoms with Gasteiger partial charge in [0.15, 0.2) is 5.69 Å². The van der Waals surface area contributed by atoms with Crippen LogP contribution in [0.15, 0.2) is 59.1 Å². The van der Waals surface area contributed by atoms with Gasteiger partial charge in [0.05, 0.1) is 18.8 Å². The van der Waals surface area contributed by atoms with E-state index in [1.165, 1.54) is 12.1 Å². The van der Waals surface area contributed by atoms with E-state index < -0.39 is 0 Å². The second-order valence-electron chi connectivity index (χ2n) is 6.49. The van der Waals surface area contributed by atoms with Gasteiger partial charge < -0.3 is 9.26 Å². The Morgan fingerprint density at radius 3 is 2.79 bits per heavy atom. The zero-order valence-corrected chi connectivity index (χ0v) is 15.3. The third-order valence-corrected chi connectivity index (χ3v) is 4.84. The number of nitrogens with zero attached hydrogens (tertiary/aromatic N) is 4. The number of hydrogen-bond donors (Lipinski definition) is 0. The average Bonchev–Trinajstić information content (AvgIpc) is 3.35. The van der Waals surface area contributed by atoms with Gasteiger partial charge in [-0.2, -0.15) is 10.1 Å². The summed E-state index contributed by atoms with van der Waals surface area (Å²) in [5.74, 6) is 0.507. The van der Waals surface area contributed by atoms with Gasteiger partial charge in [-0.1, -0.05) is 41.0 Å². The molecule has 1 aliphatic heterocycles. The van der Waals surface area contributed by atoms with Gasteiger partial charge in [-0.05, 0) is 35.9 Å². The van der Waals surface area contributed by atoms with E-state index in [4.69, 9.17) is 20.9 Å². The van der Waals surface area contributed by atoms with Crippen LogP contribution < -0.4 is 0 Å². The molecule has 0 N–H and O–H groups in total. The molecule has 0 radical (unpaired) electrons. The number of benzene rings is 2. The smallest absolute Gasteiger partial charge is 0.278 e. The van der Waals surface area contributed by atoms with Crippen molar-refractivity contribution in [2.24, 2.45) is 0 Å². The fraction of sp³-hybridized carbons (Fsp3) is 0.150. The van der Waals surface area contributed by atoms with Crippen molar-refractivity contribution in [1.29, 1.82) is 0 Å². The first-order valence-corrected chi connectivity index (χ1v) is 9.07. The molecule has 2 aromatic heterocycles. The summed E-state index contributed by atoms with van der Waals surface area (Å²) >= 11 is 6.02. The molecular weight excluding hydrogens is 383 g/mol. The largest absolute Gasteiger partial charge is 0.365 e. The lowest BCUT2D eigenvalue weighted by atomic mass is 10.1. The van der Waals surface area contributed by atoms with Crippen LogP contribution in [0, 0.1) is 5.82 Å². The zero-order chi connectivity index (χ0) is 19.1. The summed E-state index contributed by atoms with van der Waals surface area (Å²) in [7, 11) is 0. The Labute approximate surface area is 164 Å². The molecule has 140 valence electrons. The number of fused-ring (bicyclic) bond motifs is 1. The van der Waals surface area contributed by atoms with Gasteiger partial charge in [0.1, 0.15) is 11.9 Å². The lowest BCUT2D eigenvalue weighted by Crippen LogP contribution is -2.21. The molecule has 8 heteroatoms. The molecule has 1 atom stereocenters. The molecule has 1 aliphatic rings. The predicted molar refractivity (Wildman–Crippen MR) is 99.9 cm³/mol. The van der Waals surface area contributed by atoms with Gasteiger partial charge >= 0.3 is 0 Å². The summed E-state index contributed by atoms with van der Waals surface area (Å²) < 4.78 is 26.3. The number of hydrogen-bond acceptors (Lipinski definition) is 5. The summed E-state index contributed by atoms with van der Waals surface area (Å²) in [6, 6.07) is 15.4. The highest BCUT2D eigenvalue weighted by atomic mass is 35.5. The van der Waals surface area contributed by atoms with E-state index >= 15 is 0 Å².